The van der Waals surface area contributed by atoms with Crippen molar-refractivity contribution in [2.24, 2.45) is 10.9 Å². The highest BCUT2D eigenvalue weighted by molar-refractivity contribution is 14.0. The van der Waals surface area contributed by atoms with E-state index in [1.807, 2.05) is 6.20 Å². The first-order chi connectivity index (χ1) is 14.2. The zero-order valence-electron chi connectivity index (χ0n) is 18.7. The van der Waals surface area contributed by atoms with E-state index in [2.05, 4.69) is 53.1 Å². The largest absolute Gasteiger partial charge is 0.381 e. The molecule has 1 aromatic rings. The first-order valence-corrected chi connectivity index (χ1v) is 11.0. The van der Waals surface area contributed by atoms with Crippen molar-refractivity contribution in [2.45, 2.75) is 45.8 Å². The molecular formula is C22H38IN5O2. The van der Waals surface area contributed by atoms with E-state index >= 15 is 0 Å². The van der Waals surface area contributed by atoms with Crippen LogP contribution in [0.25, 0.3) is 0 Å². The maximum Gasteiger partial charge on any atom is 0.193 e. The lowest BCUT2D eigenvalue weighted by atomic mass is 9.96. The summed E-state index contributed by atoms with van der Waals surface area (Å²) in [4.78, 5) is 14.0. The second kappa shape index (κ2) is 13.3. The molecule has 170 valence electrons. The van der Waals surface area contributed by atoms with Crippen LogP contribution in [0.2, 0.25) is 0 Å². The Bertz CT molecular complexity index is 654. The number of aliphatic imine (C=N–C) groups is 1. The topological polar surface area (TPSA) is 62.2 Å². The lowest BCUT2D eigenvalue weighted by molar-refractivity contribution is 0.0529. The molecule has 1 atom stereocenters. The number of nitrogens with one attached hydrogen (secondary N) is 1. The third kappa shape index (κ3) is 7.85. The highest BCUT2D eigenvalue weighted by atomic mass is 127. The molecule has 3 heterocycles. The summed E-state index contributed by atoms with van der Waals surface area (Å²) >= 11 is 0. The van der Waals surface area contributed by atoms with Gasteiger partial charge < -0.3 is 24.6 Å². The van der Waals surface area contributed by atoms with Gasteiger partial charge in [-0.3, -0.25) is 0 Å². The van der Waals surface area contributed by atoms with Gasteiger partial charge in [0, 0.05) is 52.6 Å². The predicted molar refractivity (Wildman–Crippen MR) is 133 cm³/mol. The van der Waals surface area contributed by atoms with E-state index in [1.165, 1.54) is 24.8 Å². The molecule has 2 saturated heterocycles. The van der Waals surface area contributed by atoms with Crippen LogP contribution in [-0.4, -0.2) is 75.0 Å². The third-order valence-corrected chi connectivity index (χ3v) is 5.70. The van der Waals surface area contributed by atoms with Crippen LogP contribution in [0.4, 0.5) is 5.82 Å². The third-order valence-electron chi connectivity index (χ3n) is 5.70. The molecule has 2 aliphatic heterocycles. The second-order valence-corrected chi connectivity index (χ2v) is 8.09. The van der Waals surface area contributed by atoms with Crippen LogP contribution >= 0.6 is 24.0 Å². The number of rotatable bonds is 7. The summed E-state index contributed by atoms with van der Waals surface area (Å²) in [5.41, 5.74) is 1.18. The van der Waals surface area contributed by atoms with Gasteiger partial charge in [0.25, 0.3) is 0 Å². The van der Waals surface area contributed by atoms with Gasteiger partial charge in [0.1, 0.15) is 5.82 Å². The number of anilines is 1. The van der Waals surface area contributed by atoms with E-state index in [9.17, 15) is 0 Å². The van der Waals surface area contributed by atoms with Crippen LogP contribution in [-0.2, 0) is 16.0 Å². The zero-order valence-corrected chi connectivity index (χ0v) is 21.0. The summed E-state index contributed by atoms with van der Waals surface area (Å²) in [6, 6.07) is 4.22. The Hall–Kier alpha value is -1.13. The van der Waals surface area contributed by atoms with Gasteiger partial charge in [-0.25, -0.2) is 9.98 Å². The number of morpholine rings is 1. The number of hydrogen-bond donors (Lipinski definition) is 1. The van der Waals surface area contributed by atoms with Crippen molar-refractivity contribution in [3.63, 3.8) is 0 Å². The Kier molecular flexibility index (Phi) is 11.2. The number of guanidine groups is 1. The van der Waals surface area contributed by atoms with Gasteiger partial charge in [0.2, 0.25) is 0 Å². The standard InChI is InChI=1S/C22H37N5O2.HI/c1-4-23-22(26(3)10-6-19-7-12-28-13-8-19)25-16-20-5-9-24-21(15-20)27-11-14-29-18(2)17-27;/h5,9,15,18-19H,4,6-8,10-14,16-17H2,1-3H3,(H,23,25);1H. The van der Waals surface area contributed by atoms with Crippen LogP contribution in [0.5, 0.6) is 0 Å². The van der Waals surface area contributed by atoms with Crippen molar-refractivity contribution in [1.29, 1.82) is 0 Å². The highest BCUT2D eigenvalue weighted by Gasteiger charge is 2.18. The summed E-state index contributed by atoms with van der Waals surface area (Å²) in [5, 5.41) is 3.43. The molecule has 1 aromatic heterocycles. The number of nitrogens with zero attached hydrogens (tertiary/aromatic N) is 4. The molecular weight excluding hydrogens is 493 g/mol. The van der Waals surface area contributed by atoms with E-state index in [4.69, 9.17) is 14.5 Å². The Labute approximate surface area is 198 Å². The average molecular weight is 531 g/mol. The van der Waals surface area contributed by atoms with Gasteiger partial charge in [-0.1, -0.05) is 0 Å². The second-order valence-electron chi connectivity index (χ2n) is 8.09. The van der Waals surface area contributed by atoms with Crippen molar-refractivity contribution >= 4 is 35.8 Å². The van der Waals surface area contributed by atoms with E-state index < -0.39 is 0 Å². The molecule has 30 heavy (non-hydrogen) atoms. The smallest absolute Gasteiger partial charge is 0.193 e. The molecule has 2 aliphatic rings. The van der Waals surface area contributed by atoms with E-state index in [0.717, 1.165) is 63.7 Å². The average Bonchev–Trinajstić information content (AvgIpc) is 2.76. The summed E-state index contributed by atoms with van der Waals surface area (Å²) < 4.78 is 11.1. The van der Waals surface area contributed by atoms with Gasteiger partial charge in [0.15, 0.2) is 5.96 Å². The number of pyridine rings is 1. The van der Waals surface area contributed by atoms with Crippen molar-refractivity contribution in [3.05, 3.63) is 23.9 Å². The van der Waals surface area contributed by atoms with Gasteiger partial charge in [-0.05, 0) is 56.7 Å². The molecule has 0 bridgehead atoms. The number of aromatic nitrogens is 1. The molecule has 7 nitrogen and oxygen atoms in total. The van der Waals surface area contributed by atoms with Crippen LogP contribution in [0.3, 0.4) is 0 Å². The monoisotopic (exact) mass is 531 g/mol. The molecule has 0 spiro atoms. The molecule has 8 heteroatoms. The molecule has 2 fully saturated rings. The van der Waals surface area contributed by atoms with Crippen LogP contribution in [0.15, 0.2) is 23.3 Å². The Morgan fingerprint density at radius 1 is 1.33 bits per heavy atom. The van der Waals surface area contributed by atoms with Crippen LogP contribution in [0.1, 0.15) is 38.7 Å². The fourth-order valence-electron chi connectivity index (χ4n) is 3.91. The summed E-state index contributed by atoms with van der Waals surface area (Å²) in [6.45, 7) is 11.1. The Morgan fingerprint density at radius 3 is 2.87 bits per heavy atom. The minimum Gasteiger partial charge on any atom is -0.381 e. The van der Waals surface area contributed by atoms with Gasteiger partial charge in [-0.2, -0.15) is 0 Å². The van der Waals surface area contributed by atoms with Gasteiger partial charge >= 0.3 is 0 Å². The fraction of sp³-hybridized carbons (Fsp3) is 0.727. The van der Waals surface area contributed by atoms with Crippen LogP contribution in [0, 0.1) is 5.92 Å². The Morgan fingerprint density at radius 2 is 2.13 bits per heavy atom. The molecule has 1 unspecified atom stereocenters. The minimum absolute atomic E-state index is 0. The Balaban J connectivity index is 0.00000320. The maximum absolute atomic E-state index is 5.65. The SMILES string of the molecule is CCNC(=NCc1ccnc(N2CCOC(C)C2)c1)N(C)CCC1CCOCC1.I. The minimum atomic E-state index is 0. The molecule has 3 rings (SSSR count). The van der Waals surface area contributed by atoms with E-state index in [1.54, 1.807) is 0 Å². The van der Waals surface area contributed by atoms with Crippen LogP contribution < -0.4 is 10.2 Å². The first kappa shape index (κ1) is 25.1. The normalized spacial score (nSPS) is 20.6. The first-order valence-electron chi connectivity index (χ1n) is 11.0. The zero-order chi connectivity index (χ0) is 20.5. The molecule has 0 aliphatic carbocycles. The van der Waals surface area contributed by atoms with E-state index in [-0.39, 0.29) is 30.1 Å². The van der Waals surface area contributed by atoms with Crippen molar-refractivity contribution in [2.75, 3.05) is 57.9 Å². The lowest BCUT2D eigenvalue weighted by Crippen LogP contribution is -2.41. The number of ether oxygens (including phenoxy) is 2. The summed E-state index contributed by atoms with van der Waals surface area (Å²) in [5.74, 6) is 2.76. The molecule has 0 amide bonds. The summed E-state index contributed by atoms with van der Waals surface area (Å²) in [6.07, 6.45) is 5.70. The number of halogens is 1. The van der Waals surface area contributed by atoms with Crippen molar-refractivity contribution in [1.82, 2.24) is 15.2 Å². The van der Waals surface area contributed by atoms with Crippen molar-refractivity contribution < 1.29 is 9.47 Å². The van der Waals surface area contributed by atoms with Crippen molar-refractivity contribution in [3.8, 4) is 0 Å². The summed E-state index contributed by atoms with van der Waals surface area (Å²) in [7, 11) is 2.13. The molecule has 0 radical (unpaired) electrons. The quantitative estimate of drug-likeness (QED) is 0.332. The molecule has 0 aromatic carbocycles. The van der Waals surface area contributed by atoms with Gasteiger partial charge in [0.05, 0.1) is 19.3 Å². The lowest BCUT2D eigenvalue weighted by Gasteiger charge is -2.32. The number of hydrogen-bond acceptors (Lipinski definition) is 5. The van der Waals surface area contributed by atoms with Gasteiger partial charge in [-0.15, -0.1) is 24.0 Å². The maximum atomic E-state index is 5.65. The highest BCUT2D eigenvalue weighted by Crippen LogP contribution is 2.19. The fourth-order valence-corrected chi connectivity index (χ4v) is 3.91. The predicted octanol–water partition coefficient (Wildman–Crippen LogP) is 3.14. The molecule has 0 saturated carbocycles. The molecule has 1 N–H and O–H groups in total. The van der Waals surface area contributed by atoms with E-state index in [0.29, 0.717) is 6.54 Å².